The van der Waals surface area contributed by atoms with E-state index in [9.17, 15) is 9.59 Å². The first-order chi connectivity index (χ1) is 10.2. The van der Waals surface area contributed by atoms with Crippen LogP contribution in [0.2, 0.25) is 0 Å². The molecular weight excluding hydrogens is 272 g/mol. The molecule has 0 saturated carbocycles. The van der Waals surface area contributed by atoms with Crippen molar-refractivity contribution in [3.05, 3.63) is 23.8 Å². The maximum Gasteiger partial charge on any atom is 0.254 e. The summed E-state index contributed by atoms with van der Waals surface area (Å²) in [5.41, 5.74) is 0.521. The van der Waals surface area contributed by atoms with E-state index in [1.807, 2.05) is 6.92 Å². The Kier molecular flexibility index (Phi) is 3.68. The minimum Gasteiger partial charge on any atom is -0.486 e. The van der Waals surface area contributed by atoms with E-state index in [0.29, 0.717) is 49.8 Å². The molecule has 1 aromatic rings. The van der Waals surface area contributed by atoms with Gasteiger partial charge in [-0.25, -0.2) is 0 Å². The fraction of sp³-hybridized carbons (Fsp3) is 0.467. The molecule has 21 heavy (non-hydrogen) atoms. The van der Waals surface area contributed by atoms with Gasteiger partial charge in [0.25, 0.3) is 5.91 Å². The van der Waals surface area contributed by atoms with Crippen LogP contribution in [0.25, 0.3) is 0 Å². The van der Waals surface area contributed by atoms with Gasteiger partial charge >= 0.3 is 0 Å². The molecule has 0 bridgehead atoms. The molecule has 112 valence electrons. The van der Waals surface area contributed by atoms with Gasteiger partial charge in [-0.3, -0.25) is 9.59 Å². The molecule has 6 heteroatoms. The van der Waals surface area contributed by atoms with Crippen molar-refractivity contribution in [1.82, 2.24) is 10.2 Å². The molecular formula is C15H18N2O4. The molecule has 0 spiro atoms. The number of hydrogen-bond acceptors (Lipinski definition) is 4. The Morgan fingerprint density at radius 3 is 2.86 bits per heavy atom. The molecule has 6 nitrogen and oxygen atoms in total. The zero-order valence-corrected chi connectivity index (χ0v) is 11.9. The van der Waals surface area contributed by atoms with Crippen LogP contribution in [0.5, 0.6) is 11.5 Å². The van der Waals surface area contributed by atoms with Crippen LogP contribution in [0.4, 0.5) is 0 Å². The van der Waals surface area contributed by atoms with Crippen molar-refractivity contribution in [2.45, 2.75) is 19.4 Å². The Bertz CT molecular complexity index is 573. The van der Waals surface area contributed by atoms with Crippen LogP contribution in [-0.4, -0.2) is 49.1 Å². The van der Waals surface area contributed by atoms with E-state index in [2.05, 4.69) is 5.32 Å². The molecule has 1 fully saturated rings. The quantitative estimate of drug-likeness (QED) is 0.875. The van der Waals surface area contributed by atoms with Gasteiger partial charge in [0.1, 0.15) is 19.3 Å². The molecule has 0 radical (unpaired) electrons. The Morgan fingerprint density at radius 2 is 2.10 bits per heavy atom. The second-order valence-corrected chi connectivity index (χ2v) is 5.07. The Labute approximate surface area is 123 Å². The average molecular weight is 290 g/mol. The highest BCUT2D eigenvalue weighted by atomic mass is 16.6. The van der Waals surface area contributed by atoms with Crippen LogP contribution in [-0.2, 0) is 4.79 Å². The molecule has 3 rings (SSSR count). The molecule has 0 aromatic heterocycles. The topological polar surface area (TPSA) is 67.9 Å². The highest BCUT2D eigenvalue weighted by Gasteiger charge is 2.32. The summed E-state index contributed by atoms with van der Waals surface area (Å²) in [5.74, 6) is 1.01. The van der Waals surface area contributed by atoms with Crippen LogP contribution >= 0.6 is 0 Å². The second-order valence-electron chi connectivity index (χ2n) is 5.07. The van der Waals surface area contributed by atoms with E-state index in [0.717, 1.165) is 0 Å². The van der Waals surface area contributed by atoms with Gasteiger partial charge in [0.05, 0.1) is 0 Å². The summed E-state index contributed by atoms with van der Waals surface area (Å²) in [4.78, 5) is 26.1. The van der Waals surface area contributed by atoms with Crippen molar-refractivity contribution in [2.24, 2.45) is 0 Å². The molecule has 2 heterocycles. The molecule has 0 aliphatic carbocycles. The van der Waals surface area contributed by atoms with Crippen LogP contribution in [0, 0.1) is 0 Å². The lowest BCUT2D eigenvalue weighted by Gasteiger charge is -2.34. The van der Waals surface area contributed by atoms with Crippen molar-refractivity contribution in [3.63, 3.8) is 0 Å². The number of carbonyl (C=O) groups excluding carboxylic acids is 2. The van der Waals surface area contributed by atoms with Crippen molar-refractivity contribution in [1.29, 1.82) is 0 Å². The predicted molar refractivity (Wildman–Crippen MR) is 75.6 cm³/mol. The fourth-order valence-electron chi connectivity index (χ4n) is 2.71. The molecule has 1 atom stereocenters. The van der Waals surface area contributed by atoms with Gasteiger partial charge in [-0.2, -0.15) is 0 Å². The first-order valence-corrected chi connectivity index (χ1v) is 7.19. The number of nitrogens with one attached hydrogen (secondary N) is 1. The van der Waals surface area contributed by atoms with Gasteiger partial charge in [-0.1, -0.05) is 6.92 Å². The van der Waals surface area contributed by atoms with E-state index in [1.165, 1.54) is 0 Å². The zero-order valence-electron chi connectivity index (χ0n) is 11.9. The molecule has 2 aliphatic heterocycles. The summed E-state index contributed by atoms with van der Waals surface area (Å²) >= 11 is 0. The van der Waals surface area contributed by atoms with Gasteiger partial charge in [0.15, 0.2) is 11.5 Å². The third-order valence-corrected chi connectivity index (χ3v) is 3.77. The molecule has 1 saturated heterocycles. The number of hydrogen-bond donors (Lipinski definition) is 1. The smallest absolute Gasteiger partial charge is 0.254 e. The van der Waals surface area contributed by atoms with Crippen LogP contribution in [0.3, 0.4) is 0 Å². The normalized spacial score (nSPS) is 20.9. The van der Waals surface area contributed by atoms with Gasteiger partial charge < -0.3 is 19.7 Å². The summed E-state index contributed by atoms with van der Waals surface area (Å²) in [5, 5.41) is 2.79. The zero-order chi connectivity index (χ0) is 14.8. The molecule has 1 aromatic carbocycles. The average Bonchev–Trinajstić information content (AvgIpc) is 2.53. The monoisotopic (exact) mass is 290 g/mol. The molecule has 1 unspecified atom stereocenters. The molecule has 2 aliphatic rings. The van der Waals surface area contributed by atoms with Crippen molar-refractivity contribution in [3.8, 4) is 11.5 Å². The maximum atomic E-state index is 12.6. The minimum absolute atomic E-state index is 0.0883. The summed E-state index contributed by atoms with van der Waals surface area (Å²) in [6.07, 6.45) is 0.599. The van der Waals surface area contributed by atoms with E-state index in [1.54, 1.807) is 23.1 Å². The largest absolute Gasteiger partial charge is 0.486 e. The first-order valence-electron chi connectivity index (χ1n) is 7.19. The van der Waals surface area contributed by atoms with Crippen molar-refractivity contribution < 1.29 is 19.1 Å². The summed E-state index contributed by atoms with van der Waals surface area (Å²) in [7, 11) is 0. The Morgan fingerprint density at radius 1 is 1.33 bits per heavy atom. The number of rotatable bonds is 2. The summed E-state index contributed by atoms with van der Waals surface area (Å²) < 4.78 is 10.9. The number of amides is 2. The van der Waals surface area contributed by atoms with Crippen molar-refractivity contribution >= 4 is 11.8 Å². The van der Waals surface area contributed by atoms with Crippen LogP contribution in [0.1, 0.15) is 23.7 Å². The van der Waals surface area contributed by atoms with E-state index < -0.39 is 6.04 Å². The van der Waals surface area contributed by atoms with Crippen LogP contribution in [0.15, 0.2) is 18.2 Å². The highest BCUT2D eigenvalue weighted by Crippen LogP contribution is 2.31. The number of piperazine rings is 1. The highest BCUT2D eigenvalue weighted by molar-refractivity contribution is 5.98. The van der Waals surface area contributed by atoms with Gasteiger partial charge in [-0.05, 0) is 24.6 Å². The van der Waals surface area contributed by atoms with E-state index in [4.69, 9.17) is 9.47 Å². The molecule has 1 N–H and O–H groups in total. The molecule has 2 amide bonds. The first kappa shape index (κ1) is 13.7. The number of ether oxygens (including phenoxy) is 2. The lowest BCUT2D eigenvalue weighted by Crippen LogP contribution is -2.56. The van der Waals surface area contributed by atoms with Gasteiger partial charge in [0.2, 0.25) is 5.91 Å². The number of benzene rings is 1. The predicted octanol–water partition coefficient (Wildman–Crippen LogP) is 0.808. The third kappa shape index (κ3) is 2.53. The second kappa shape index (κ2) is 5.63. The van der Waals surface area contributed by atoms with Gasteiger partial charge in [0, 0.05) is 18.7 Å². The SMILES string of the molecule is CCC1C(=O)NCCN1C(=O)c1ccc2c(c1)OCCO2. The fourth-order valence-corrected chi connectivity index (χ4v) is 2.71. The van der Waals surface area contributed by atoms with E-state index in [-0.39, 0.29) is 11.8 Å². The number of carbonyl (C=O) groups is 2. The summed E-state index contributed by atoms with van der Waals surface area (Å²) in [6.45, 7) is 3.92. The third-order valence-electron chi connectivity index (χ3n) is 3.77. The van der Waals surface area contributed by atoms with Crippen molar-refractivity contribution in [2.75, 3.05) is 26.3 Å². The standard InChI is InChI=1S/C15H18N2O4/c1-2-11-14(18)16-5-6-17(11)15(19)10-3-4-12-13(9-10)21-8-7-20-12/h3-4,9,11H,2,5-8H2,1H3,(H,16,18). The number of nitrogens with zero attached hydrogens (tertiary/aromatic N) is 1. The van der Waals surface area contributed by atoms with Crippen LogP contribution < -0.4 is 14.8 Å². The Hall–Kier alpha value is -2.24. The minimum atomic E-state index is -0.403. The van der Waals surface area contributed by atoms with E-state index >= 15 is 0 Å². The Balaban J connectivity index is 1.85. The lowest BCUT2D eigenvalue weighted by atomic mass is 10.1. The summed E-state index contributed by atoms with van der Waals surface area (Å²) in [6, 6.07) is 4.75. The van der Waals surface area contributed by atoms with Gasteiger partial charge in [-0.15, -0.1) is 0 Å². The maximum absolute atomic E-state index is 12.6. The lowest BCUT2D eigenvalue weighted by molar-refractivity contribution is -0.127. The number of fused-ring (bicyclic) bond motifs is 1.